The predicted octanol–water partition coefficient (Wildman–Crippen LogP) is 13.9. The summed E-state index contributed by atoms with van der Waals surface area (Å²) in [5, 5.41) is 2.35. The normalized spacial score (nSPS) is 11.1. The summed E-state index contributed by atoms with van der Waals surface area (Å²) < 4.78 is 0. The quantitative estimate of drug-likeness (QED) is 0.166. The van der Waals surface area contributed by atoms with Crippen LogP contribution >= 0.6 is 0 Å². The number of hydrogen-bond donors (Lipinski definition) is 0. The van der Waals surface area contributed by atoms with Gasteiger partial charge in [0.05, 0.1) is 5.69 Å². The van der Waals surface area contributed by atoms with Gasteiger partial charge in [-0.1, -0.05) is 152 Å². The highest BCUT2D eigenvalue weighted by Gasteiger charge is 2.13. The minimum Gasteiger partial charge on any atom is -0.256 e. The second kappa shape index (κ2) is 13.8. The van der Waals surface area contributed by atoms with E-state index in [0.29, 0.717) is 0 Å². The predicted molar refractivity (Wildman–Crippen MR) is 220 cm³/mol. The topological polar surface area (TPSA) is 12.9 Å². The van der Waals surface area contributed by atoms with Crippen molar-refractivity contribution in [1.29, 1.82) is 0 Å². The smallest absolute Gasteiger partial charge is 0.0780 e. The van der Waals surface area contributed by atoms with Crippen LogP contribution in [0.4, 0.5) is 0 Å². The molecule has 0 aliphatic rings. The molecule has 0 fully saturated rings. The van der Waals surface area contributed by atoms with Gasteiger partial charge < -0.3 is 0 Å². The van der Waals surface area contributed by atoms with Crippen molar-refractivity contribution in [2.45, 2.75) is 0 Å². The minimum absolute atomic E-state index is 1.00. The maximum absolute atomic E-state index is 4.80. The fourth-order valence-corrected chi connectivity index (χ4v) is 7.22. The summed E-state index contributed by atoms with van der Waals surface area (Å²) in [6, 6.07) is 74.2. The highest BCUT2D eigenvalue weighted by molar-refractivity contribution is 5.95. The molecule has 0 bridgehead atoms. The van der Waals surface area contributed by atoms with E-state index >= 15 is 0 Å². The second-order valence-electron chi connectivity index (χ2n) is 13.2. The van der Waals surface area contributed by atoms with E-state index in [1.165, 1.54) is 66.6 Å². The molecule has 1 heteroatoms. The number of fused-ring (bicyclic) bond motifs is 1. The summed E-state index contributed by atoms with van der Waals surface area (Å²) in [4.78, 5) is 4.80. The molecule has 0 spiro atoms. The molecule has 0 unspecified atom stereocenters. The van der Waals surface area contributed by atoms with Gasteiger partial charge in [-0.05, 0) is 127 Å². The molecule has 0 aliphatic heterocycles. The van der Waals surface area contributed by atoms with E-state index in [2.05, 4.69) is 206 Å². The zero-order valence-corrected chi connectivity index (χ0v) is 28.7. The lowest BCUT2D eigenvalue weighted by molar-refractivity contribution is 1.36. The average molecular weight is 662 g/mol. The van der Waals surface area contributed by atoms with Crippen LogP contribution in [0.1, 0.15) is 0 Å². The first-order valence-electron chi connectivity index (χ1n) is 17.8. The van der Waals surface area contributed by atoms with E-state index in [4.69, 9.17) is 4.98 Å². The van der Waals surface area contributed by atoms with Crippen LogP contribution < -0.4 is 0 Å². The molecule has 0 aliphatic carbocycles. The number of hydrogen-bond acceptors (Lipinski definition) is 1. The number of benzene rings is 8. The molecular formula is C51H35N. The number of nitrogens with zero attached hydrogens (tertiary/aromatic N) is 1. The molecule has 244 valence electrons. The Kier molecular flexibility index (Phi) is 8.29. The SMILES string of the molecule is c1ccc(-c2cc(-c3ccccc3)cc(-c3cc(-c4ccccc4)cc(-c4cccc(-c5cccc(-c6nccc7ccccc67)c5)c4)c3)c2)cc1. The fourth-order valence-electron chi connectivity index (χ4n) is 7.22. The lowest BCUT2D eigenvalue weighted by Crippen LogP contribution is -1.90. The average Bonchev–Trinajstić information content (AvgIpc) is 3.24. The Balaban J connectivity index is 1.18. The van der Waals surface area contributed by atoms with Gasteiger partial charge in [0, 0.05) is 17.1 Å². The van der Waals surface area contributed by atoms with E-state index in [1.54, 1.807) is 0 Å². The minimum atomic E-state index is 1.00. The third-order valence-corrected chi connectivity index (χ3v) is 9.86. The molecule has 1 aromatic heterocycles. The molecular weight excluding hydrogens is 627 g/mol. The van der Waals surface area contributed by atoms with E-state index in [9.17, 15) is 0 Å². The molecule has 0 saturated heterocycles. The van der Waals surface area contributed by atoms with Gasteiger partial charge in [-0.15, -0.1) is 0 Å². The van der Waals surface area contributed by atoms with E-state index in [0.717, 1.165) is 22.2 Å². The third-order valence-electron chi connectivity index (χ3n) is 9.86. The van der Waals surface area contributed by atoms with Crippen LogP contribution in [0.5, 0.6) is 0 Å². The van der Waals surface area contributed by atoms with Crippen molar-refractivity contribution in [3.05, 3.63) is 212 Å². The summed E-state index contributed by atoms with van der Waals surface area (Å²) >= 11 is 0. The van der Waals surface area contributed by atoms with Crippen LogP contribution in [0.3, 0.4) is 0 Å². The van der Waals surface area contributed by atoms with Crippen molar-refractivity contribution >= 4 is 10.8 Å². The highest BCUT2D eigenvalue weighted by Crippen LogP contribution is 2.38. The molecule has 1 heterocycles. The Hall–Kier alpha value is -6.83. The van der Waals surface area contributed by atoms with Crippen LogP contribution in [0.15, 0.2) is 212 Å². The van der Waals surface area contributed by atoms with Crippen LogP contribution in [-0.4, -0.2) is 4.98 Å². The van der Waals surface area contributed by atoms with E-state index < -0.39 is 0 Å². The largest absolute Gasteiger partial charge is 0.256 e. The molecule has 0 radical (unpaired) electrons. The van der Waals surface area contributed by atoms with Crippen molar-refractivity contribution < 1.29 is 0 Å². The zero-order chi connectivity index (χ0) is 34.7. The molecule has 8 aromatic carbocycles. The van der Waals surface area contributed by atoms with Crippen LogP contribution in [0.2, 0.25) is 0 Å². The first-order valence-corrected chi connectivity index (χ1v) is 17.8. The highest BCUT2D eigenvalue weighted by atomic mass is 14.7. The Morgan fingerprint density at radius 2 is 0.558 bits per heavy atom. The molecule has 1 nitrogen and oxygen atoms in total. The van der Waals surface area contributed by atoms with Crippen molar-refractivity contribution in [2.24, 2.45) is 0 Å². The molecule has 9 aromatic rings. The standard InChI is InChI=1S/C51H35N/c1-4-14-36(15-5-1)44-30-45(37-16-6-2-7-17-37)33-48(32-44)49-34-46(38-18-8-3-9-19-38)31-47(35-49)42-23-12-21-40(28-42)41-22-13-24-43(29-41)51-50-25-11-10-20-39(50)26-27-52-51/h1-35H. The monoisotopic (exact) mass is 661 g/mol. The van der Waals surface area contributed by atoms with Gasteiger partial charge in [0.2, 0.25) is 0 Å². The molecule has 9 rings (SSSR count). The zero-order valence-electron chi connectivity index (χ0n) is 28.7. The van der Waals surface area contributed by atoms with Gasteiger partial charge in [-0.3, -0.25) is 4.98 Å². The molecule has 0 saturated carbocycles. The summed E-state index contributed by atoms with van der Waals surface area (Å²) in [6.45, 7) is 0. The first-order chi connectivity index (χ1) is 25.7. The summed E-state index contributed by atoms with van der Waals surface area (Å²) in [5.41, 5.74) is 16.4. The molecule has 0 N–H and O–H groups in total. The lowest BCUT2D eigenvalue weighted by Gasteiger charge is -2.15. The van der Waals surface area contributed by atoms with Crippen LogP contribution in [0, 0.1) is 0 Å². The van der Waals surface area contributed by atoms with Crippen molar-refractivity contribution in [3.63, 3.8) is 0 Å². The Morgan fingerprint density at radius 3 is 1.06 bits per heavy atom. The van der Waals surface area contributed by atoms with E-state index in [1.807, 2.05) is 6.20 Å². The van der Waals surface area contributed by atoms with Gasteiger partial charge in [0.15, 0.2) is 0 Å². The Labute approximate surface area is 305 Å². The van der Waals surface area contributed by atoms with Crippen molar-refractivity contribution in [2.75, 3.05) is 0 Å². The van der Waals surface area contributed by atoms with Crippen LogP contribution in [0.25, 0.3) is 88.8 Å². The maximum atomic E-state index is 4.80. The summed E-state index contributed by atoms with van der Waals surface area (Å²) in [5.74, 6) is 0. The van der Waals surface area contributed by atoms with Gasteiger partial charge in [0.25, 0.3) is 0 Å². The molecule has 0 amide bonds. The van der Waals surface area contributed by atoms with Gasteiger partial charge in [0.1, 0.15) is 0 Å². The Morgan fingerprint density at radius 1 is 0.231 bits per heavy atom. The van der Waals surface area contributed by atoms with Gasteiger partial charge >= 0.3 is 0 Å². The molecule has 0 atom stereocenters. The van der Waals surface area contributed by atoms with Gasteiger partial charge in [-0.25, -0.2) is 0 Å². The second-order valence-corrected chi connectivity index (χ2v) is 13.2. The lowest BCUT2D eigenvalue weighted by atomic mass is 9.89. The number of pyridine rings is 1. The number of aromatic nitrogens is 1. The fraction of sp³-hybridized carbons (Fsp3) is 0. The van der Waals surface area contributed by atoms with Crippen LogP contribution in [-0.2, 0) is 0 Å². The van der Waals surface area contributed by atoms with E-state index in [-0.39, 0.29) is 0 Å². The number of rotatable bonds is 7. The van der Waals surface area contributed by atoms with Crippen molar-refractivity contribution in [3.8, 4) is 78.0 Å². The van der Waals surface area contributed by atoms with Crippen molar-refractivity contribution in [1.82, 2.24) is 4.98 Å². The van der Waals surface area contributed by atoms with Gasteiger partial charge in [-0.2, -0.15) is 0 Å². The summed E-state index contributed by atoms with van der Waals surface area (Å²) in [6.07, 6.45) is 1.90. The maximum Gasteiger partial charge on any atom is 0.0780 e. The first kappa shape index (κ1) is 31.2. The third kappa shape index (κ3) is 6.33. The summed E-state index contributed by atoms with van der Waals surface area (Å²) in [7, 11) is 0. The Bertz CT molecular complexity index is 2600. The molecule has 52 heavy (non-hydrogen) atoms.